The topological polar surface area (TPSA) is 35.5 Å². The average Bonchev–Trinajstić information content (AvgIpc) is 2.92. The molecular weight excluding hydrogens is 355 g/mol. The normalized spacial score (nSPS) is 26.9. The number of esters is 1. The van der Waals surface area contributed by atoms with Crippen LogP contribution in [0.15, 0.2) is 60.7 Å². The summed E-state index contributed by atoms with van der Waals surface area (Å²) in [4.78, 5) is 12.6. The monoisotopic (exact) mass is 376 g/mol. The fourth-order valence-corrected chi connectivity index (χ4v) is 5.70. The number of benzene rings is 2. The fraction of sp³-hybridized carbons (Fsp3) is 0.316. The summed E-state index contributed by atoms with van der Waals surface area (Å²) in [6.07, 6.45) is -0.196. The molecule has 0 radical (unpaired) electrons. The molecule has 1 saturated heterocycles. The van der Waals surface area contributed by atoms with Gasteiger partial charge in [0.15, 0.2) is 0 Å². The Morgan fingerprint density at radius 1 is 1.04 bits per heavy atom. The summed E-state index contributed by atoms with van der Waals surface area (Å²) in [7, 11) is 1.46. The van der Waals surface area contributed by atoms with Crippen molar-refractivity contribution in [2.24, 2.45) is 5.92 Å². The fourth-order valence-electron chi connectivity index (χ4n) is 3.01. The van der Waals surface area contributed by atoms with E-state index in [0.29, 0.717) is 0 Å². The molecule has 2 aromatic rings. The maximum atomic E-state index is 12.5. The van der Waals surface area contributed by atoms with Crippen molar-refractivity contribution in [3.05, 3.63) is 66.2 Å². The Morgan fingerprint density at radius 3 is 2.26 bits per heavy atom. The quantitative estimate of drug-likeness (QED) is 0.609. The Bertz CT molecular complexity index is 644. The Morgan fingerprint density at radius 2 is 1.65 bits per heavy atom. The number of hydrogen-bond donors (Lipinski definition) is 0. The molecule has 2 aromatic carbocycles. The van der Waals surface area contributed by atoms with Gasteiger partial charge in [-0.2, -0.15) is 0 Å². The van der Waals surface area contributed by atoms with Crippen molar-refractivity contribution in [2.45, 2.75) is 23.9 Å². The van der Waals surface area contributed by atoms with E-state index in [4.69, 9.17) is 9.47 Å². The maximum absolute atomic E-state index is 12.5. The first-order valence-corrected chi connectivity index (χ1v) is 9.55. The van der Waals surface area contributed by atoms with E-state index >= 15 is 0 Å². The van der Waals surface area contributed by atoms with Gasteiger partial charge in [-0.1, -0.05) is 0 Å². The van der Waals surface area contributed by atoms with Gasteiger partial charge >= 0.3 is 143 Å². The van der Waals surface area contributed by atoms with Crippen LogP contribution in [-0.2, 0) is 14.3 Å². The number of carbonyl (C=O) groups is 1. The first-order valence-electron chi connectivity index (χ1n) is 7.70. The molecule has 0 aromatic heterocycles. The molecule has 3 nitrogen and oxygen atoms in total. The number of hydrogen-bond acceptors (Lipinski definition) is 3. The molecule has 1 fully saturated rings. The molecule has 4 atom stereocenters. The summed E-state index contributed by atoms with van der Waals surface area (Å²) < 4.78 is 12.6. The van der Waals surface area contributed by atoms with Crippen molar-refractivity contribution in [1.82, 2.24) is 0 Å². The predicted octanol–water partition coefficient (Wildman–Crippen LogP) is 2.75. The minimum absolute atomic E-state index is 0.0320. The molecule has 0 spiro atoms. The standard InChI is InChI=1S/C19H20O3Se/c1-13-18(23-15-11-7-4-8-12-15)16(19(20)21-2)17(22-13)14-9-5-3-6-10-14/h3-13,16-18H,1-2H3/t13-,16+,17-,18-/m1/s1. The van der Waals surface area contributed by atoms with E-state index in [9.17, 15) is 4.79 Å². The second kappa shape index (κ2) is 7.31. The van der Waals surface area contributed by atoms with Gasteiger partial charge in [0, 0.05) is 0 Å². The van der Waals surface area contributed by atoms with Crippen molar-refractivity contribution in [1.29, 1.82) is 0 Å². The van der Waals surface area contributed by atoms with Crippen molar-refractivity contribution in [3.63, 3.8) is 0 Å². The summed E-state index contributed by atoms with van der Waals surface area (Å²) in [6.45, 7) is 2.06. The van der Waals surface area contributed by atoms with E-state index in [0.717, 1.165) is 5.56 Å². The third-order valence-corrected chi connectivity index (χ3v) is 7.25. The molecule has 1 heterocycles. The number of carbonyl (C=O) groups excluding carboxylic acids is 1. The molecular formula is C19H20O3Se. The van der Waals surface area contributed by atoms with Gasteiger partial charge < -0.3 is 0 Å². The molecule has 1 aliphatic rings. The molecule has 120 valence electrons. The van der Waals surface area contributed by atoms with Crippen LogP contribution in [0.25, 0.3) is 0 Å². The van der Waals surface area contributed by atoms with Crippen LogP contribution < -0.4 is 4.46 Å². The van der Waals surface area contributed by atoms with Gasteiger partial charge in [-0.05, 0) is 0 Å². The van der Waals surface area contributed by atoms with Crippen LogP contribution in [0.2, 0.25) is 4.82 Å². The number of methoxy groups -OCH3 is 1. The zero-order valence-electron chi connectivity index (χ0n) is 13.2. The van der Waals surface area contributed by atoms with Crippen molar-refractivity contribution < 1.29 is 14.3 Å². The van der Waals surface area contributed by atoms with Gasteiger partial charge in [0.05, 0.1) is 0 Å². The first-order chi connectivity index (χ1) is 11.2. The van der Waals surface area contributed by atoms with E-state index in [2.05, 4.69) is 19.1 Å². The Kier molecular flexibility index (Phi) is 5.16. The van der Waals surface area contributed by atoms with E-state index in [1.165, 1.54) is 11.6 Å². The molecule has 0 aliphatic carbocycles. The van der Waals surface area contributed by atoms with Crippen LogP contribution in [0.5, 0.6) is 0 Å². The van der Waals surface area contributed by atoms with E-state index < -0.39 is 0 Å². The SMILES string of the molecule is COC(=O)[C@@H]1[C@H]([Se]c2ccccc2)[C@@H](C)O[C@@H]1c1ccccc1. The van der Waals surface area contributed by atoms with Gasteiger partial charge in [-0.25, -0.2) is 0 Å². The first kappa shape index (κ1) is 16.3. The zero-order valence-corrected chi connectivity index (χ0v) is 14.9. The van der Waals surface area contributed by atoms with Crippen LogP contribution >= 0.6 is 0 Å². The Hall–Kier alpha value is -1.61. The van der Waals surface area contributed by atoms with E-state index in [1.54, 1.807) is 0 Å². The summed E-state index contributed by atoms with van der Waals surface area (Å²) in [6, 6.07) is 20.3. The third-order valence-electron chi connectivity index (χ3n) is 4.12. The van der Waals surface area contributed by atoms with Crippen LogP contribution in [0.4, 0.5) is 0 Å². The van der Waals surface area contributed by atoms with Crippen LogP contribution in [0.1, 0.15) is 18.6 Å². The zero-order chi connectivity index (χ0) is 16.2. The summed E-state index contributed by atoms with van der Waals surface area (Å²) >= 11 is 0.156. The molecule has 0 bridgehead atoms. The molecule has 1 aliphatic heterocycles. The molecule has 3 rings (SSSR count). The van der Waals surface area contributed by atoms with Gasteiger partial charge in [-0.3, -0.25) is 0 Å². The second-order valence-electron chi connectivity index (χ2n) is 5.62. The van der Waals surface area contributed by atoms with E-state index in [-0.39, 0.29) is 43.9 Å². The van der Waals surface area contributed by atoms with Crippen LogP contribution in [0.3, 0.4) is 0 Å². The molecule has 23 heavy (non-hydrogen) atoms. The second-order valence-corrected chi connectivity index (χ2v) is 8.24. The molecule has 0 saturated carbocycles. The molecule has 0 unspecified atom stereocenters. The third kappa shape index (κ3) is 3.50. The molecule has 0 amide bonds. The minimum atomic E-state index is -0.252. The summed E-state index contributed by atoms with van der Waals surface area (Å²) in [5, 5.41) is 0. The average molecular weight is 375 g/mol. The summed E-state index contributed by atoms with van der Waals surface area (Å²) in [5.74, 6) is -0.427. The van der Waals surface area contributed by atoms with Crippen LogP contribution in [-0.4, -0.2) is 34.1 Å². The number of ether oxygens (including phenoxy) is 2. The molecule has 0 N–H and O–H groups in total. The van der Waals surface area contributed by atoms with Gasteiger partial charge in [-0.15, -0.1) is 0 Å². The van der Waals surface area contributed by atoms with Gasteiger partial charge in [0.25, 0.3) is 0 Å². The van der Waals surface area contributed by atoms with Crippen molar-refractivity contribution >= 4 is 25.4 Å². The van der Waals surface area contributed by atoms with Crippen LogP contribution in [0, 0.1) is 5.92 Å². The van der Waals surface area contributed by atoms with Gasteiger partial charge in [0.2, 0.25) is 0 Å². The predicted molar refractivity (Wildman–Crippen MR) is 90.8 cm³/mol. The Balaban J connectivity index is 1.90. The molecule has 4 heteroatoms. The summed E-state index contributed by atoms with van der Waals surface area (Å²) in [5.41, 5.74) is 1.04. The Labute approximate surface area is 143 Å². The van der Waals surface area contributed by atoms with Crippen molar-refractivity contribution in [3.8, 4) is 0 Å². The van der Waals surface area contributed by atoms with E-state index in [1.807, 2.05) is 48.5 Å². The van der Waals surface area contributed by atoms with Gasteiger partial charge in [0.1, 0.15) is 0 Å². The van der Waals surface area contributed by atoms with Crippen molar-refractivity contribution in [2.75, 3.05) is 7.11 Å². The number of rotatable bonds is 4.